The van der Waals surface area contributed by atoms with Crippen molar-refractivity contribution in [1.82, 2.24) is 10.0 Å². The maximum Gasteiger partial charge on any atom is 0.258 e. The number of amides is 1. The lowest BCUT2D eigenvalue weighted by atomic mass is 10.1. The van der Waals surface area contributed by atoms with Gasteiger partial charge in [-0.2, -0.15) is 0 Å². The number of hydrogen-bond acceptors (Lipinski definition) is 4. The molecule has 0 saturated carbocycles. The fourth-order valence-corrected chi connectivity index (χ4v) is 4.05. The maximum atomic E-state index is 12.1. The Bertz CT molecular complexity index is 883. The van der Waals surface area contributed by atoms with Crippen LogP contribution in [0.4, 0.5) is 0 Å². The topological polar surface area (TPSA) is 84.5 Å². The number of carbonyl (C=O) groups excluding carboxylic acids is 1. The Balaban J connectivity index is 1.90. The highest BCUT2D eigenvalue weighted by molar-refractivity contribution is 9.10. The third-order valence-corrected chi connectivity index (χ3v) is 5.79. The van der Waals surface area contributed by atoms with Crippen LogP contribution in [-0.2, 0) is 14.8 Å². The summed E-state index contributed by atoms with van der Waals surface area (Å²) in [6, 6.07) is 13.3. The van der Waals surface area contributed by atoms with Crippen molar-refractivity contribution in [3.8, 4) is 5.75 Å². The van der Waals surface area contributed by atoms with Crippen LogP contribution in [-0.4, -0.2) is 27.0 Å². The van der Waals surface area contributed by atoms with Crippen LogP contribution in [0.25, 0.3) is 0 Å². The Morgan fingerprint density at radius 2 is 1.78 bits per heavy atom. The number of halogens is 1. The van der Waals surface area contributed by atoms with Gasteiger partial charge < -0.3 is 10.1 Å². The fraction of sp³-hybridized carbons (Fsp3) is 0.316. The SMILES string of the molecule is CC(C)NS(=O)(=O)c1ccc(OCC(=O)NC(C)c2cccc(Br)c2)cc1. The van der Waals surface area contributed by atoms with Crippen LogP contribution >= 0.6 is 15.9 Å². The van der Waals surface area contributed by atoms with Gasteiger partial charge in [-0.15, -0.1) is 0 Å². The van der Waals surface area contributed by atoms with Crippen LogP contribution < -0.4 is 14.8 Å². The standard InChI is InChI=1S/C19H23BrN2O4S/c1-13(2)22-27(24,25)18-9-7-17(8-10-18)26-12-19(23)21-14(3)15-5-4-6-16(20)11-15/h4-11,13-14,22H,12H2,1-3H3,(H,21,23). The van der Waals surface area contributed by atoms with Gasteiger partial charge in [0.2, 0.25) is 10.0 Å². The number of ether oxygens (including phenoxy) is 1. The number of carbonyl (C=O) groups is 1. The number of rotatable bonds is 8. The second-order valence-electron chi connectivity index (χ2n) is 6.38. The molecule has 2 rings (SSSR count). The van der Waals surface area contributed by atoms with Crippen LogP contribution in [0.15, 0.2) is 57.9 Å². The van der Waals surface area contributed by atoms with E-state index in [0.29, 0.717) is 5.75 Å². The second-order valence-corrected chi connectivity index (χ2v) is 9.01. The molecule has 0 spiro atoms. The van der Waals surface area contributed by atoms with Gasteiger partial charge >= 0.3 is 0 Å². The Hall–Kier alpha value is -1.90. The van der Waals surface area contributed by atoms with Gasteiger partial charge in [0.1, 0.15) is 5.75 Å². The number of benzene rings is 2. The molecule has 1 atom stereocenters. The summed E-state index contributed by atoms with van der Waals surface area (Å²) in [6.07, 6.45) is 0. The van der Waals surface area contributed by atoms with Gasteiger partial charge in [-0.1, -0.05) is 28.1 Å². The van der Waals surface area contributed by atoms with E-state index in [4.69, 9.17) is 4.74 Å². The first-order valence-electron chi connectivity index (χ1n) is 8.47. The molecule has 146 valence electrons. The fourth-order valence-electron chi connectivity index (χ4n) is 2.38. The van der Waals surface area contributed by atoms with E-state index in [1.165, 1.54) is 24.3 Å². The van der Waals surface area contributed by atoms with Gasteiger partial charge in [0.15, 0.2) is 6.61 Å². The van der Waals surface area contributed by atoms with E-state index in [1.807, 2.05) is 31.2 Å². The lowest BCUT2D eigenvalue weighted by molar-refractivity contribution is -0.123. The number of hydrogen-bond donors (Lipinski definition) is 2. The van der Waals surface area contributed by atoms with E-state index in [9.17, 15) is 13.2 Å². The molecule has 0 heterocycles. The largest absolute Gasteiger partial charge is 0.484 e. The minimum Gasteiger partial charge on any atom is -0.484 e. The zero-order chi connectivity index (χ0) is 20.0. The van der Waals surface area contributed by atoms with Gasteiger partial charge in [0.25, 0.3) is 5.91 Å². The summed E-state index contributed by atoms with van der Waals surface area (Å²) in [5, 5.41) is 2.86. The Labute approximate surface area is 168 Å². The molecule has 8 heteroatoms. The van der Waals surface area contributed by atoms with Crippen LogP contribution in [0.1, 0.15) is 32.4 Å². The zero-order valence-electron chi connectivity index (χ0n) is 15.4. The monoisotopic (exact) mass is 454 g/mol. The zero-order valence-corrected chi connectivity index (χ0v) is 17.8. The lowest BCUT2D eigenvalue weighted by Crippen LogP contribution is -2.31. The molecule has 2 aromatic carbocycles. The van der Waals surface area contributed by atoms with Crippen LogP contribution in [0, 0.1) is 0 Å². The molecule has 0 aliphatic heterocycles. The highest BCUT2D eigenvalue weighted by atomic mass is 79.9. The van der Waals surface area contributed by atoms with Crippen molar-refractivity contribution in [1.29, 1.82) is 0 Å². The molecular formula is C19H23BrN2O4S. The van der Waals surface area contributed by atoms with Gasteiger partial charge in [-0.05, 0) is 62.7 Å². The van der Waals surface area contributed by atoms with E-state index in [-0.39, 0.29) is 29.5 Å². The van der Waals surface area contributed by atoms with Crippen LogP contribution in [0.2, 0.25) is 0 Å². The Kier molecular flexibility index (Phi) is 7.41. The van der Waals surface area contributed by atoms with Crippen molar-refractivity contribution >= 4 is 31.9 Å². The van der Waals surface area contributed by atoms with E-state index < -0.39 is 10.0 Å². The first-order chi connectivity index (χ1) is 12.7. The van der Waals surface area contributed by atoms with E-state index in [1.54, 1.807) is 13.8 Å². The minimum atomic E-state index is -3.55. The minimum absolute atomic E-state index is 0.149. The average molecular weight is 455 g/mol. The van der Waals surface area contributed by atoms with Gasteiger partial charge in [-0.3, -0.25) is 4.79 Å². The molecule has 2 aromatic rings. The molecule has 0 aliphatic rings. The Morgan fingerprint density at radius 1 is 1.11 bits per heavy atom. The molecule has 1 unspecified atom stereocenters. The molecule has 0 bridgehead atoms. The molecule has 0 aliphatic carbocycles. The maximum absolute atomic E-state index is 12.1. The average Bonchev–Trinajstić information content (AvgIpc) is 2.59. The normalized spacial score (nSPS) is 12.6. The second kappa shape index (κ2) is 9.34. The van der Waals surface area contributed by atoms with Crippen LogP contribution in [0.3, 0.4) is 0 Å². The van der Waals surface area contributed by atoms with Gasteiger partial charge in [0, 0.05) is 10.5 Å². The molecule has 0 fully saturated rings. The van der Waals surface area contributed by atoms with Gasteiger partial charge in [0.05, 0.1) is 10.9 Å². The van der Waals surface area contributed by atoms with Crippen LogP contribution in [0.5, 0.6) is 5.75 Å². The summed E-state index contributed by atoms with van der Waals surface area (Å²) >= 11 is 3.41. The molecule has 0 saturated heterocycles. The molecule has 1 amide bonds. The van der Waals surface area contributed by atoms with E-state index >= 15 is 0 Å². The van der Waals surface area contributed by atoms with Gasteiger partial charge in [-0.25, -0.2) is 13.1 Å². The molecule has 0 aromatic heterocycles. The van der Waals surface area contributed by atoms with Crippen molar-refractivity contribution in [2.24, 2.45) is 0 Å². The van der Waals surface area contributed by atoms with Crippen molar-refractivity contribution in [3.05, 3.63) is 58.6 Å². The van der Waals surface area contributed by atoms with E-state index in [2.05, 4.69) is 26.0 Å². The third-order valence-electron chi connectivity index (χ3n) is 3.62. The lowest BCUT2D eigenvalue weighted by Gasteiger charge is -2.15. The van der Waals surface area contributed by atoms with Crippen molar-refractivity contribution in [2.45, 2.75) is 37.8 Å². The summed E-state index contributed by atoms with van der Waals surface area (Å²) in [4.78, 5) is 12.2. The quantitative estimate of drug-likeness (QED) is 0.639. The van der Waals surface area contributed by atoms with Crippen molar-refractivity contribution in [2.75, 3.05) is 6.61 Å². The number of sulfonamides is 1. The summed E-state index contributed by atoms with van der Waals surface area (Å²) in [7, 11) is -3.55. The van der Waals surface area contributed by atoms with Crippen molar-refractivity contribution in [3.63, 3.8) is 0 Å². The van der Waals surface area contributed by atoms with E-state index in [0.717, 1.165) is 10.0 Å². The first kappa shape index (κ1) is 21.4. The molecule has 0 radical (unpaired) electrons. The predicted molar refractivity (Wildman–Crippen MR) is 108 cm³/mol. The van der Waals surface area contributed by atoms with Crippen molar-refractivity contribution < 1.29 is 17.9 Å². The smallest absolute Gasteiger partial charge is 0.258 e. The third kappa shape index (κ3) is 6.64. The molecule has 6 nitrogen and oxygen atoms in total. The summed E-state index contributed by atoms with van der Waals surface area (Å²) in [6.45, 7) is 5.24. The molecular weight excluding hydrogens is 432 g/mol. The number of nitrogens with one attached hydrogen (secondary N) is 2. The highest BCUT2D eigenvalue weighted by Gasteiger charge is 2.15. The summed E-state index contributed by atoms with van der Waals surface area (Å²) < 4.78 is 33.1. The summed E-state index contributed by atoms with van der Waals surface area (Å²) in [5.74, 6) is 0.157. The first-order valence-corrected chi connectivity index (χ1v) is 10.7. The predicted octanol–water partition coefficient (Wildman–Crippen LogP) is 3.39. The molecule has 27 heavy (non-hydrogen) atoms. The Morgan fingerprint density at radius 3 is 2.37 bits per heavy atom. The summed E-state index contributed by atoms with van der Waals surface area (Å²) in [5.41, 5.74) is 0.977. The highest BCUT2D eigenvalue weighted by Crippen LogP contribution is 2.18. The molecule has 2 N–H and O–H groups in total.